The lowest BCUT2D eigenvalue weighted by Crippen LogP contribution is -2.42. The van der Waals surface area contributed by atoms with Crippen LogP contribution in [0.15, 0.2) is 54.6 Å². The Balaban J connectivity index is 2.75. The lowest BCUT2D eigenvalue weighted by Gasteiger charge is -2.31. The summed E-state index contributed by atoms with van der Waals surface area (Å²) in [5.41, 5.74) is 8.18. The van der Waals surface area contributed by atoms with Gasteiger partial charge in [0.1, 0.15) is 0 Å². The molecular formula is C19H30N4. The van der Waals surface area contributed by atoms with Crippen LogP contribution < -0.4 is 11.1 Å². The van der Waals surface area contributed by atoms with Crippen LogP contribution in [0.1, 0.15) is 19.4 Å². The Morgan fingerprint density at radius 1 is 1.30 bits per heavy atom. The lowest BCUT2D eigenvalue weighted by molar-refractivity contribution is 0.196. The van der Waals surface area contributed by atoms with Crippen molar-refractivity contribution >= 4 is 11.6 Å². The predicted octanol–water partition coefficient (Wildman–Crippen LogP) is 3.42. The predicted molar refractivity (Wildman–Crippen MR) is 102 cm³/mol. The molecule has 0 spiro atoms. The van der Waals surface area contributed by atoms with Gasteiger partial charge in [0, 0.05) is 24.8 Å². The molecule has 0 aliphatic carbocycles. The van der Waals surface area contributed by atoms with Crippen molar-refractivity contribution in [2.24, 2.45) is 16.6 Å². The van der Waals surface area contributed by atoms with Crippen LogP contribution in [0.3, 0.4) is 0 Å². The number of nitrogens with one attached hydrogen (secondary N) is 1. The topological polar surface area (TPSA) is 53.6 Å². The van der Waals surface area contributed by atoms with Gasteiger partial charge in [-0.1, -0.05) is 38.1 Å². The Kier molecular flexibility index (Phi) is 8.13. The number of guanidine groups is 1. The molecule has 126 valence electrons. The molecule has 0 aromatic heterocycles. The third-order valence-corrected chi connectivity index (χ3v) is 3.70. The largest absolute Gasteiger partial charge is 0.370 e. The minimum atomic E-state index is 0.295. The van der Waals surface area contributed by atoms with Crippen molar-refractivity contribution in [2.75, 3.05) is 25.0 Å². The van der Waals surface area contributed by atoms with Crippen LogP contribution in [0.2, 0.25) is 0 Å². The van der Waals surface area contributed by atoms with Crippen molar-refractivity contribution in [1.82, 2.24) is 4.90 Å². The maximum Gasteiger partial charge on any atom is 0.193 e. The average Bonchev–Trinajstić information content (AvgIpc) is 2.47. The second-order valence-corrected chi connectivity index (χ2v) is 6.06. The molecule has 0 fully saturated rings. The smallest absolute Gasteiger partial charge is 0.193 e. The van der Waals surface area contributed by atoms with Crippen LogP contribution in [-0.2, 0) is 0 Å². The van der Waals surface area contributed by atoms with Gasteiger partial charge in [-0.2, -0.15) is 0 Å². The molecule has 0 saturated heterocycles. The highest BCUT2D eigenvalue weighted by atomic mass is 15.2. The minimum absolute atomic E-state index is 0.295. The van der Waals surface area contributed by atoms with Crippen molar-refractivity contribution in [3.05, 3.63) is 55.1 Å². The number of anilines is 1. The van der Waals surface area contributed by atoms with E-state index in [4.69, 9.17) is 5.73 Å². The van der Waals surface area contributed by atoms with E-state index in [9.17, 15) is 0 Å². The monoisotopic (exact) mass is 314 g/mol. The summed E-state index contributed by atoms with van der Waals surface area (Å²) in [5.74, 6) is 0.906. The highest BCUT2D eigenvalue weighted by Gasteiger charge is 2.19. The van der Waals surface area contributed by atoms with Crippen molar-refractivity contribution in [1.29, 1.82) is 0 Å². The Bertz CT molecular complexity index is 524. The van der Waals surface area contributed by atoms with Gasteiger partial charge < -0.3 is 11.1 Å². The third-order valence-electron chi connectivity index (χ3n) is 3.70. The molecule has 4 nitrogen and oxygen atoms in total. The van der Waals surface area contributed by atoms with E-state index >= 15 is 0 Å². The zero-order valence-electron chi connectivity index (χ0n) is 14.6. The number of hydrogen-bond donors (Lipinski definition) is 2. The standard InChI is InChI=1S/C19H30N4/c1-6-11-23(12-7-2)18(15(3)4)14-21-19(20)22-17-10-8-9-16(5)13-17/h6-10,13,15,18H,1-2,11-12,14H2,3-5H3,(H3,20,21,22). The number of aryl methyl sites for hydroxylation is 1. The molecule has 1 rings (SSSR count). The van der Waals surface area contributed by atoms with Crippen molar-refractivity contribution in [2.45, 2.75) is 26.8 Å². The Morgan fingerprint density at radius 3 is 2.48 bits per heavy atom. The van der Waals surface area contributed by atoms with Gasteiger partial charge in [-0.05, 0) is 30.5 Å². The summed E-state index contributed by atoms with van der Waals surface area (Å²) in [6, 6.07) is 8.37. The molecule has 1 atom stereocenters. The molecule has 0 radical (unpaired) electrons. The van der Waals surface area contributed by atoms with Gasteiger partial charge in [-0.3, -0.25) is 9.89 Å². The van der Waals surface area contributed by atoms with E-state index in [0.717, 1.165) is 18.8 Å². The Morgan fingerprint density at radius 2 is 1.96 bits per heavy atom. The summed E-state index contributed by atoms with van der Waals surface area (Å²) < 4.78 is 0. The maximum absolute atomic E-state index is 6.03. The van der Waals surface area contributed by atoms with E-state index in [1.807, 2.05) is 30.4 Å². The van der Waals surface area contributed by atoms with Crippen LogP contribution in [0, 0.1) is 12.8 Å². The fourth-order valence-corrected chi connectivity index (χ4v) is 2.53. The molecule has 0 bridgehead atoms. The Hall–Kier alpha value is -2.07. The summed E-state index contributed by atoms with van der Waals surface area (Å²) in [7, 11) is 0. The van der Waals surface area contributed by atoms with E-state index in [0.29, 0.717) is 24.5 Å². The van der Waals surface area contributed by atoms with Crippen LogP contribution in [0.4, 0.5) is 5.69 Å². The number of aliphatic imine (C=N–C) groups is 1. The van der Waals surface area contributed by atoms with Crippen LogP contribution >= 0.6 is 0 Å². The number of rotatable bonds is 9. The molecule has 4 heteroatoms. The van der Waals surface area contributed by atoms with Gasteiger partial charge in [0.25, 0.3) is 0 Å². The summed E-state index contributed by atoms with van der Waals surface area (Å²) in [4.78, 5) is 6.84. The van der Waals surface area contributed by atoms with Gasteiger partial charge in [0.05, 0.1) is 6.54 Å². The van der Waals surface area contributed by atoms with E-state index < -0.39 is 0 Å². The fraction of sp³-hybridized carbons (Fsp3) is 0.421. The highest BCUT2D eigenvalue weighted by molar-refractivity contribution is 5.92. The van der Waals surface area contributed by atoms with E-state index in [1.54, 1.807) is 0 Å². The maximum atomic E-state index is 6.03. The second-order valence-electron chi connectivity index (χ2n) is 6.06. The first kappa shape index (κ1) is 19.0. The van der Waals surface area contributed by atoms with Crippen LogP contribution in [-0.4, -0.2) is 36.5 Å². The van der Waals surface area contributed by atoms with E-state index in [1.165, 1.54) is 5.56 Å². The van der Waals surface area contributed by atoms with Crippen molar-refractivity contribution in [3.63, 3.8) is 0 Å². The zero-order chi connectivity index (χ0) is 17.2. The number of nitrogens with zero attached hydrogens (tertiary/aromatic N) is 2. The molecule has 1 unspecified atom stereocenters. The molecule has 0 aliphatic rings. The number of nitrogens with two attached hydrogens (primary N) is 1. The van der Waals surface area contributed by atoms with E-state index in [2.05, 4.69) is 55.2 Å². The first-order valence-electron chi connectivity index (χ1n) is 8.07. The summed E-state index contributed by atoms with van der Waals surface area (Å²) in [6.07, 6.45) is 3.83. The van der Waals surface area contributed by atoms with E-state index in [-0.39, 0.29) is 0 Å². The first-order valence-corrected chi connectivity index (χ1v) is 8.07. The Labute approximate surface area is 140 Å². The molecule has 23 heavy (non-hydrogen) atoms. The average molecular weight is 314 g/mol. The van der Waals surface area contributed by atoms with Gasteiger partial charge in [0.15, 0.2) is 5.96 Å². The van der Waals surface area contributed by atoms with Gasteiger partial charge in [-0.25, -0.2) is 0 Å². The van der Waals surface area contributed by atoms with Crippen LogP contribution in [0.5, 0.6) is 0 Å². The molecule has 0 heterocycles. The molecule has 1 aromatic carbocycles. The molecule has 0 aliphatic heterocycles. The molecule has 3 N–H and O–H groups in total. The lowest BCUT2D eigenvalue weighted by atomic mass is 10.0. The zero-order valence-corrected chi connectivity index (χ0v) is 14.6. The summed E-state index contributed by atoms with van der Waals surface area (Å²) in [5, 5.41) is 3.15. The van der Waals surface area contributed by atoms with Crippen molar-refractivity contribution < 1.29 is 0 Å². The van der Waals surface area contributed by atoms with Crippen molar-refractivity contribution in [3.8, 4) is 0 Å². The molecule has 1 aromatic rings. The summed E-state index contributed by atoms with van der Waals surface area (Å²) in [6.45, 7) is 16.4. The van der Waals surface area contributed by atoms with Crippen LogP contribution in [0.25, 0.3) is 0 Å². The molecule has 0 saturated carbocycles. The highest BCUT2D eigenvalue weighted by Crippen LogP contribution is 2.12. The SMILES string of the molecule is C=CCN(CC=C)C(CN=C(N)Nc1cccc(C)c1)C(C)C. The summed E-state index contributed by atoms with van der Waals surface area (Å²) >= 11 is 0. The second kappa shape index (κ2) is 9.85. The third kappa shape index (κ3) is 6.70. The van der Waals surface area contributed by atoms with Gasteiger partial charge in [-0.15, -0.1) is 13.2 Å². The first-order chi connectivity index (χ1) is 11.0. The normalized spacial score (nSPS) is 13.2. The minimum Gasteiger partial charge on any atom is -0.370 e. The molecule has 0 amide bonds. The number of hydrogen-bond acceptors (Lipinski definition) is 2. The molecular weight excluding hydrogens is 284 g/mol. The number of benzene rings is 1. The quantitative estimate of drug-likeness (QED) is 0.417. The fourth-order valence-electron chi connectivity index (χ4n) is 2.53. The van der Waals surface area contributed by atoms with Gasteiger partial charge in [0.2, 0.25) is 0 Å². The van der Waals surface area contributed by atoms with Gasteiger partial charge >= 0.3 is 0 Å².